The number of rotatable bonds is 5. The number of piperidine rings is 1. The first-order chi connectivity index (χ1) is 9.52. The number of nitrogens with zero attached hydrogens (tertiary/aromatic N) is 3. The molecule has 1 saturated heterocycles. The molecule has 0 saturated carbocycles. The first-order valence-corrected chi connectivity index (χ1v) is 6.94. The summed E-state index contributed by atoms with van der Waals surface area (Å²) in [4.78, 5) is 18.4. The minimum atomic E-state index is -0.815. The van der Waals surface area contributed by atoms with E-state index in [1.165, 1.54) is 17.0 Å². The van der Waals surface area contributed by atoms with E-state index in [-0.39, 0.29) is 5.56 Å². The normalized spacial score (nSPS) is 18.9. The molecular weight excluding hydrogens is 258 g/mol. The van der Waals surface area contributed by atoms with Gasteiger partial charge in [-0.25, -0.2) is 4.98 Å². The predicted octanol–water partition coefficient (Wildman–Crippen LogP) is -0.929. The van der Waals surface area contributed by atoms with Gasteiger partial charge < -0.3 is 21.1 Å². The van der Waals surface area contributed by atoms with Gasteiger partial charge in [0, 0.05) is 32.2 Å². The van der Waals surface area contributed by atoms with Crippen LogP contribution in [0.2, 0.25) is 0 Å². The number of likely N-dealkylation sites (tertiary alicyclic amines) is 1. The van der Waals surface area contributed by atoms with E-state index in [2.05, 4.69) is 15.2 Å². The number of nitrogens with two attached hydrogens (primary N) is 1. The second-order valence-corrected chi connectivity index (χ2v) is 5.48. The van der Waals surface area contributed by atoms with E-state index in [0.29, 0.717) is 38.3 Å². The molecule has 0 aromatic carbocycles. The number of hydrogen-bond donors (Lipinski definition) is 3. The van der Waals surface area contributed by atoms with Gasteiger partial charge in [0.2, 0.25) is 0 Å². The lowest BCUT2D eigenvalue weighted by atomic mass is 9.91. The molecule has 1 aliphatic heterocycles. The standard InChI is InChI=1S/C13H23N5O2/c1-17-6-2-13(20,3-7-17)9-18-10-16-11(8-12(18)19)15-5-4-14/h8,10,15,20H,2-7,9,14H2,1H3. The van der Waals surface area contributed by atoms with E-state index in [4.69, 9.17) is 5.73 Å². The Balaban J connectivity index is 2.04. The fourth-order valence-electron chi connectivity index (χ4n) is 2.35. The number of hydrogen-bond acceptors (Lipinski definition) is 6. The third kappa shape index (κ3) is 3.78. The lowest BCUT2D eigenvalue weighted by Gasteiger charge is -2.36. The van der Waals surface area contributed by atoms with E-state index >= 15 is 0 Å². The number of nitrogens with one attached hydrogen (secondary N) is 1. The van der Waals surface area contributed by atoms with E-state index in [9.17, 15) is 9.90 Å². The third-order valence-corrected chi connectivity index (χ3v) is 3.71. The first-order valence-electron chi connectivity index (χ1n) is 6.94. The molecule has 112 valence electrons. The monoisotopic (exact) mass is 281 g/mol. The largest absolute Gasteiger partial charge is 0.388 e. The molecule has 20 heavy (non-hydrogen) atoms. The van der Waals surface area contributed by atoms with Crippen LogP contribution in [-0.4, -0.2) is 58.4 Å². The summed E-state index contributed by atoms with van der Waals surface area (Å²) in [6, 6.07) is 1.44. The molecule has 1 fully saturated rings. The van der Waals surface area contributed by atoms with Gasteiger partial charge in [0.15, 0.2) is 0 Å². The topological polar surface area (TPSA) is 96.4 Å². The van der Waals surface area contributed by atoms with Crippen molar-refractivity contribution in [1.82, 2.24) is 14.5 Å². The van der Waals surface area contributed by atoms with Gasteiger partial charge in [-0.3, -0.25) is 9.36 Å². The fourth-order valence-corrected chi connectivity index (χ4v) is 2.35. The average molecular weight is 281 g/mol. The maximum atomic E-state index is 12.0. The second kappa shape index (κ2) is 6.34. The highest BCUT2D eigenvalue weighted by Gasteiger charge is 2.31. The molecule has 0 spiro atoms. The van der Waals surface area contributed by atoms with Crippen LogP contribution in [0.4, 0.5) is 5.82 Å². The molecule has 2 heterocycles. The van der Waals surface area contributed by atoms with Crippen LogP contribution in [0.15, 0.2) is 17.2 Å². The zero-order chi connectivity index (χ0) is 14.6. The molecule has 0 amide bonds. The SMILES string of the molecule is CN1CCC(O)(Cn2cnc(NCCN)cc2=O)CC1. The van der Waals surface area contributed by atoms with Crippen molar-refractivity contribution >= 4 is 5.82 Å². The Kier molecular flexibility index (Phi) is 4.74. The summed E-state index contributed by atoms with van der Waals surface area (Å²) in [7, 11) is 2.03. The number of aliphatic hydroxyl groups is 1. The minimum absolute atomic E-state index is 0.160. The van der Waals surface area contributed by atoms with Crippen molar-refractivity contribution in [2.24, 2.45) is 5.73 Å². The van der Waals surface area contributed by atoms with Crippen LogP contribution < -0.4 is 16.6 Å². The Morgan fingerprint density at radius 2 is 2.20 bits per heavy atom. The zero-order valence-corrected chi connectivity index (χ0v) is 11.9. The van der Waals surface area contributed by atoms with Gasteiger partial charge in [-0.15, -0.1) is 0 Å². The molecule has 1 aliphatic rings. The summed E-state index contributed by atoms with van der Waals surface area (Å²) < 4.78 is 1.47. The minimum Gasteiger partial charge on any atom is -0.388 e. The molecule has 0 atom stereocenters. The van der Waals surface area contributed by atoms with Crippen molar-refractivity contribution in [1.29, 1.82) is 0 Å². The zero-order valence-electron chi connectivity index (χ0n) is 11.9. The Morgan fingerprint density at radius 3 is 2.80 bits per heavy atom. The van der Waals surface area contributed by atoms with Gasteiger partial charge in [0.05, 0.1) is 18.5 Å². The predicted molar refractivity (Wildman–Crippen MR) is 77.7 cm³/mol. The van der Waals surface area contributed by atoms with E-state index in [1.54, 1.807) is 0 Å². The molecule has 4 N–H and O–H groups in total. The van der Waals surface area contributed by atoms with Crippen molar-refractivity contribution in [2.45, 2.75) is 25.0 Å². The molecule has 7 heteroatoms. The Hall–Kier alpha value is -1.44. The van der Waals surface area contributed by atoms with Gasteiger partial charge in [-0.05, 0) is 19.9 Å². The Bertz CT molecular complexity index is 494. The summed E-state index contributed by atoms with van der Waals surface area (Å²) in [5.74, 6) is 0.520. The van der Waals surface area contributed by atoms with Crippen LogP contribution in [0.5, 0.6) is 0 Å². The fraction of sp³-hybridized carbons (Fsp3) is 0.692. The highest BCUT2D eigenvalue weighted by Crippen LogP contribution is 2.22. The van der Waals surface area contributed by atoms with Crippen LogP contribution >= 0.6 is 0 Å². The molecule has 1 aromatic rings. The van der Waals surface area contributed by atoms with Crippen molar-refractivity contribution in [3.8, 4) is 0 Å². The van der Waals surface area contributed by atoms with Crippen LogP contribution in [0, 0.1) is 0 Å². The molecule has 0 bridgehead atoms. The van der Waals surface area contributed by atoms with Crippen molar-refractivity contribution < 1.29 is 5.11 Å². The van der Waals surface area contributed by atoms with Gasteiger partial charge in [0.25, 0.3) is 5.56 Å². The highest BCUT2D eigenvalue weighted by molar-refractivity contribution is 5.31. The lowest BCUT2D eigenvalue weighted by molar-refractivity contribution is -0.0299. The van der Waals surface area contributed by atoms with Crippen LogP contribution in [0.3, 0.4) is 0 Å². The molecular formula is C13H23N5O2. The Labute approximate surface area is 118 Å². The molecule has 0 unspecified atom stereocenters. The first kappa shape index (κ1) is 15.0. The molecule has 1 aromatic heterocycles. The molecule has 0 aliphatic carbocycles. The van der Waals surface area contributed by atoms with Crippen LogP contribution in [0.25, 0.3) is 0 Å². The summed E-state index contributed by atoms with van der Waals surface area (Å²) in [5.41, 5.74) is 4.41. The molecule has 7 nitrogen and oxygen atoms in total. The Morgan fingerprint density at radius 1 is 1.50 bits per heavy atom. The van der Waals surface area contributed by atoms with Gasteiger partial charge in [-0.2, -0.15) is 0 Å². The van der Waals surface area contributed by atoms with Crippen molar-refractivity contribution in [3.05, 3.63) is 22.7 Å². The maximum Gasteiger partial charge on any atom is 0.255 e. The average Bonchev–Trinajstić information content (AvgIpc) is 2.43. The van der Waals surface area contributed by atoms with E-state index < -0.39 is 5.60 Å². The smallest absolute Gasteiger partial charge is 0.255 e. The van der Waals surface area contributed by atoms with Crippen LogP contribution in [-0.2, 0) is 6.54 Å². The number of anilines is 1. The number of aromatic nitrogens is 2. The maximum absolute atomic E-state index is 12.0. The summed E-state index contributed by atoms with van der Waals surface area (Å²) in [6.07, 6.45) is 2.82. The highest BCUT2D eigenvalue weighted by atomic mass is 16.3. The van der Waals surface area contributed by atoms with E-state index in [0.717, 1.165) is 13.1 Å². The summed E-state index contributed by atoms with van der Waals surface area (Å²) in [6.45, 7) is 3.04. The van der Waals surface area contributed by atoms with Gasteiger partial charge in [0.1, 0.15) is 5.82 Å². The summed E-state index contributed by atoms with van der Waals surface area (Å²) in [5, 5.41) is 13.5. The van der Waals surface area contributed by atoms with Gasteiger partial charge in [-0.1, -0.05) is 0 Å². The quantitative estimate of drug-likeness (QED) is 0.645. The molecule has 2 rings (SSSR count). The van der Waals surface area contributed by atoms with Gasteiger partial charge >= 0.3 is 0 Å². The van der Waals surface area contributed by atoms with Crippen molar-refractivity contribution in [2.75, 3.05) is 38.5 Å². The third-order valence-electron chi connectivity index (χ3n) is 3.71. The summed E-state index contributed by atoms with van der Waals surface area (Å²) >= 11 is 0. The molecule has 0 radical (unpaired) electrons. The lowest BCUT2D eigenvalue weighted by Crippen LogP contribution is -2.46. The van der Waals surface area contributed by atoms with Crippen LogP contribution in [0.1, 0.15) is 12.8 Å². The van der Waals surface area contributed by atoms with Crippen molar-refractivity contribution in [3.63, 3.8) is 0 Å². The van der Waals surface area contributed by atoms with E-state index in [1.807, 2.05) is 7.05 Å². The second-order valence-electron chi connectivity index (χ2n) is 5.48.